The van der Waals surface area contributed by atoms with Gasteiger partial charge in [-0.05, 0) is 20.3 Å². The van der Waals surface area contributed by atoms with Crippen LogP contribution >= 0.6 is 0 Å². The maximum atomic E-state index is 12.6. The number of carbonyl (C=O) groups is 5. The lowest BCUT2D eigenvalue weighted by Gasteiger charge is -2.22. The Morgan fingerprint density at radius 3 is 2.20 bits per heavy atom. The Bertz CT molecular complexity index is 765. The summed E-state index contributed by atoms with van der Waals surface area (Å²) in [7, 11) is 0. The highest BCUT2D eigenvalue weighted by atomic mass is 16.4. The van der Waals surface area contributed by atoms with Gasteiger partial charge in [-0.3, -0.25) is 19.2 Å². The van der Waals surface area contributed by atoms with Crippen LogP contribution in [0.1, 0.15) is 32.4 Å². The third-order valence-corrected chi connectivity index (χ3v) is 4.07. The van der Waals surface area contributed by atoms with Crippen LogP contribution in [0.5, 0.6) is 0 Å². The van der Waals surface area contributed by atoms with E-state index in [9.17, 15) is 24.0 Å². The number of carboxylic acids is 1. The van der Waals surface area contributed by atoms with Gasteiger partial charge in [-0.2, -0.15) is 0 Å². The van der Waals surface area contributed by atoms with Gasteiger partial charge in [0.2, 0.25) is 23.6 Å². The number of carboxylic acid groups (broad SMARTS) is 1. The first-order valence-electron chi connectivity index (χ1n) is 9.16. The molecule has 4 atom stereocenters. The first-order chi connectivity index (χ1) is 14.0. The molecule has 0 aliphatic rings. The minimum atomic E-state index is -1.34. The van der Waals surface area contributed by atoms with Crippen molar-refractivity contribution >= 4 is 29.6 Å². The van der Waals surface area contributed by atoms with Gasteiger partial charge in [-0.15, -0.1) is 0 Å². The second-order valence-corrected chi connectivity index (χ2v) is 6.77. The number of imidazole rings is 1. The third-order valence-electron chi connectivity index (χ3n) is 4.07. The molecular formula is C17H27N7O6. The van der Waals surface area contributed by atoms with Crippen LogP contribution in [0.2, 0.25) is 0 Å². The Morgan fingerprint density at radius 2 is 1.70 bits per heavy atom. The van der Waals surface area contributed by atoms with Crippen LogP contribution in [0, 0.1) is 0 Å². The molecule has 4 unspecified atom stereocenters. The van der Waals surface area contributed by atoms with E-state index in [0.717, 1.165) is 0 Å². The Balaban J connectivity index is 2.77. The molecule has 0 aliphatic heterocycles. The maximum Gasteiger partial charge on any atom is 0.326 e. The molecular weight excluding hydrogens is 398 g/mol. The molecule has 0 saturated carbocycles. The molecule has 0 spiro atoms. The highest BCUT2D eigenvalue weighted by Crippen LogP contribution is 2.02. The number of amides is 4. The standard InChI is InChI=1S/C17H27N7O6/c1-8(18)14(26)24-12(5-10-6-20-7-21-10)16(28)22-9(2)15(27)23-11(17(29)30)3-4-13(19)25/h6-9,11-12H,3-5,18H2,1-2H3,(H2,19,25)(H,20,21)(H,22,28)(H,23,27)(H,24,26)(H,29,30). The van der Waals surface area contributed by atoms with Crippen molar-refractivity contribution in [1.29, 1.82) is 0 Å². The summed E-state index contributed by atoms with van der Waals surface area (Å²) in [6.07, 6.45) is 2.53. The predicted octanol–water partition coefficient (Wildman–Crippen LogP) is -2.88. The monoisotopic (exact) mass is 425 g/mol. The minimum Gasteiger partial charge on any atom is -0.480 e. The number of nitrogens with one attached hydrogen (secondary N) is 4. The highest BCUT2D eigenvalue weighted by Gasteiger charge is 2.28. The molecule has 13 nitrogen and oxygen atoms in total. The van der Waals surface area contributed by atoms with E-state index in [1.165, 1.54) is 26.4 Å². The largest absolute Gasteiger partial charge is 0.480 e. The number of nitrogens with zero attached hydrogens (tertiary/aromatic N) is 1. The average Bonchev–Trinajstić information content (AvgIpc) is 3.16. The Kier molecular flexibility index (Phi) is 9.42. The molecule has 1 aromatic heterocycles. The van der Waals surface area contributed by atoms with Crippen molar-refractivity contribution in [3.63, 3.8) is 0 Å². The number of aliphatic carboxylic acids is 1. The van der Waals surface area contributed by atoms with Crippen LogP contribution in [0.15, 0.2) is 12.5 Å². The van der Waals surface area contributed by atoms with Crippen LogP contribution in [0.4, 0.5) is 0 Å². The van der Waals surface area contributed by atoms with Gasteiger partial charge in [0.25, 0.3) is 0 Å². The molecule has 4 amide bonds. The summed E-state index contributed by atoms with van der Waals surface area (Å²) in [5, 5.41) is 16.3. The second-order valence-electron chi connectivity index (χ2n) is 6.77. The highest BCUT2D eigenvalue weighted by molar-refractivity contribution is 5.94. The molecule has 30 heavy (non-hydrogen) atoms. The summed E-state index contributed by atoms with van der Waals surface area (Å²) in [5.41, 5.74) is 11.1. The zero-order chi connectivity index (χ0) is 22.8. The first kappa shape index (κ1) is 24.6. The summed E-state index contributed by atoms with van der Waals surface area (Å²) in [6.45, 7) is 2.80. The number of aromatic nitrogens is 2. The van der Waals surface area contributed by atoms with E-state index in [0.29, 0.717) is 5.69 Å². The predicted molar refractivity (Wildman–Crippen MR) is 103 cm³/mol. The summed E-state index contributed by atoms with van der Waals surface area (Å²) < 4.78 is 0. The minimum absolute atomic E-state index is 0.0645. The van der Waals surface area contributed by atoms with Gasteiger partial charge in [0.05, 0.1) is 12.4 Å². The number of hydrogen-bond donors (Lipinski definition) is 7. The van der Waals surface area contributed by atoms with Crippen LogP contribution in [0.3, 0.4) is 0 Å². The number of hydrogen-bond acceptors (Lipinski definition) is 7. The fourth-order valence-corrected chi connectivity index (χ4v) is 2.35. The van der Waals surface area contributed by atoms with Gasteiger partial charge in [-0.25, -0.2) is 9.78 Å². The average molecular weight is 425 g/mol. The summed E-state index contributed by atoms with van der Waals surface area (Å²) in [6, 6.07) is -4.37. The van der Waals surface area contributed by atoms with Gasteiger partial charge in [-0.1, -0.05) is 0 Å². The molecule has 0 radical (unpaired) electrons. The Hall–Kier alpha value is -3.48. The van der Waals surface area contributed by atoms with Crippen molar-refractivity contribution in [2.45, 2.75) is 57.3 Å². The van der Waals surface area contributed by atoms with Crippen molar-refractivity contribution in [2.24, 2.45) is 11.5 Å². The maximum absolute atomic E-state index is 12.6. The number of carbonyl (C=O) groups excluding carboxylic acids is 4. The molecule has 0 aliphatic carbocycles. The van der Waals surface area contributed by atoms with Gasteiger partial charge in [0, 0.05) is 24.7 Å². The van der Waals surface area contributed by atoms with Crippen LogP contribution in [0.25, 0.3) is 0 Å². The van der Waals surface area contributed by atoms with Crippen molar-refractivity contribution < 1.29 is 29.1 Å². The summed E-state index contributed by atoms with van der Waals surface area (Å²) >= 11 is 0. The Morgan fingerprint density at radius 1 is 1.07 bits per heavy atom. The normalized spacial score (nSPS) is 14.6. The molecule has 0 fully saturated rings. The topological polar surface area (TPSA) is 222 Å². The number of nitrogens with two attached hydrogens (primary N) is 2. The van der Waals surface area contributed by atoms with Crippen LogP contribution in [-0.2, 0) is 30.4 Å². The van der Waals surface area contributed by atoms with Crippen molar-refractivity contribution in [1.82, 2.24) is 25.9 Å². The van der Waals surface area contributed by atoms with Crippen molar-refractivity contribution in [3.05, 3.63) is 18.2 Å². The van der Waals surface area contributed by atoms with E-state index in [2.05, 4.69) is 25.9 Å². The Labute approximate surface area is 172 Å². The number of aromatic amines is 1. The van der Waals surface area contributed by atoms with Crippen LogP contribution < -0.4 is 27.4 Å². The number of rotatable bonds is 12. The molecule has 0 saturated heterocycles. The van der Waals surface area contributed by atoms with E-state index < -0.39 is 53.8 Å². The van der Waals surface area contributed by atoms with Crippen molar-refractivity contribution in [3.8, 4) is 0 Å². The van der Waals surface area contributed by atoms with E-state index in [-0.39, 0.29) is 19.3 Å². The van der Waals surface area contributed by atoms with Gasteiger partial charge in [0.15, 0.2) is 0 Å². The van der Waals surface area contributed by atoms with Gasteiger partial charge in [0.1, 0.15) is 18.1 Å². The van der Waals surface area contributed by atoms with E-state index in [1.807, 2.05) is 0 Å². The van der Waals surface area contributed by atoms with Crippen LogP contribution in [-0.4, -0.2) is 68.8 Å². The number of primary amides is 1. The molecule has 166 valence electrons. The van der Waals surface area contributed by atoms with Crippen molar-refractivity contribution in [2.75, 3.05) is 0 Å². The fraction of sp³-hybridized carbons (Fsp3) is 0.529. The second kappa shape index (κ2) is 11.5. The smallest absolute Gasteiger partial charge is 0.326 e. The van der Waals surface area contributed by atoms with E-state index in [1.54, 1.807) is 0 Å². The summed E-state index contributed by atoms with van der Waals surface area (Å²) in [5.74, 6) is -4.07. The lowest BCUT2D eigenvalue weighted by atomic mass is 10.1. The molecule has 1 heterocycles. The molecule has 9 N–H and O–H groups in total. The molecule has 0 bridgehead atoms. The zero-order valence-electron chi connectivity index (χ0n) is 16.7. The third kappa shape index (κ3) is 8.26. The van der Waals surface area contributed by atoms with E-state index in [4.69, 9.17) is 16.6 Å². The molecule has 13 heteroatoms. The lowest BCUT2D eigenvalue weighted by Crippen LogP contribution is -2.56. The van der Waals surface area contributed by atoms with E-state index >= 15 is 0 Å². The van der Waals surface area contributed by atoms with Gasteiger partial charge < -0.3 is 37.5 Å². The molecule has 0 aromatic carbocycles. The fourth-order valence-electron chi connectivity index (χ4n) is 2.35. The quantitative estimate of drug-likeness (QED) is 0.184. The molecule has 1 rings (SSSR count). The SMILES string of the molecule is CC(N)C(=O)NC(Cc1cnc[nH]1)C(=O)NC(C)C(=O)NC(CCC(N)=O)C(=O)O. The zero-order valence-corrected chi connectivity index (χ0v) is 16.7. The summed E-state index contributed by atoms with van der Waals surface area (Å²) in [4.78, 5) is 65.6. The van der Waals surface area contributed by atoms with Gasteiger partial charge >= 0.3 is 5.97 Å². The number of H-pyrrole nitrogens is 1. The lowest BCUT2D eigenvalue weighted by molar-refractivity contribution is -0.142. The first-order valence-corrected chi connectivity index (χ1v) is 9.16. The molecule has 1 aromatic rings.